The molecule has 0 saturated carbocycles. The summed E-state index contributed by atoms with van der Waals surface area (Å²) in [5, 5.41) is 11.7. The molecule has 0 aliphatic carbocycles. The molecule has 0 aliphatic heterocycles. The normalized spacial score (nSPS) is 13.3. The topological polar surface area (TPSA) is 74.7 Å². The minimum Gasteiger partial charge on any atom is -0.409 e. The second kappa shape index (κ2) is 7.61. The van der Waals surface area contributed by atoms with Crippen LogP contribution in [-0.2, 0) is 0 Å². The maximum Gasteiger partial charge on any atom is 0.188 e. The number of oxime groups is 1. The number of nitrogens with zero attached hydrogens (tertiary/aromatic N) is 3. The number of amidine groups is 1. The van der Waals surface area contributed by atoms with Gasteiger partial charge in [-0.2, -0.15) is 0 Å². The van der Waals surface area contributed by atoms with Crippen molar-refractivity contribution in [2.75, 3.05) is 11.4 Å². The van der Waals surface area contributed by atoms with Crippen molar-refractivity contribution in [2.45, 2.75) is 46.1 Å². The monoisotopic (exact) mass is 264 g/mol. The average molecular weight is 264 g/mol. The minimum absolute atomic E-state index is 0.0430. The molecule has 0 amide bonds. The quantitative estimate of drug-likeness (QED) is 0.343. The van der Waals surface area contributed by atoms with Crippen LogP contribution in [-0.4, -0.2) is 28.6 Å². The Kier molecular flexibility index (Phi) is 6.12. The standard InChI is InChI=1S/C14H24N4O/c1-4-6-10-18(11(3)5-2)13-9-7-8-12(16-13)14(15)17-19/h7-9,11,19H,4-6,10H2,1-3H3,(H2,15,17). The second-order valence-electron chi connectivity index (χ2n) is 4.67. The summed E-state index contributed by atoms with van der Waals surface area (Å²) in [6.07, 6.45) is 3.33. The first-order valence-electron chi connectivity index (χ1n) is 6.85. The summed E-state index contributed by atoms with van der Waals surface area (Å²) in [6.45, 7) is 7.50. The van der Waals surface area contributed by atoms with E-state index in [9.17, 15) is 0 Å². The zero-order valence-electron chi connectivity index (χ0n) is 12.0. The van der Waals surface area contributed by atoms with Gasteiger partial charge in [0.05, 0.1) is 0 Å². The summed E-state index contributed by atoms with van der Waals surface area (Å²) in [5.74, 6) is 0.924. The van der Waals surface area contributed by atoms with Crippen LogP contribution < -0.4 is 10.6 Å². The van der Waals surface area contributed by atoms with E-state index in [1.165, 1.54) is 0 Å². The molecule has 0 fully saturated rings. The third-order valence-corrected chi connectivity index (χ3v) is 3.27. The van der Waals surface area contributed by atoms with Gasteiger partial charge in [0.2, 0.25) is 0 Å². The SMILES string of the molecule is CCCCN(c1cccc(C(N)=NO)n1)C(C)CC. The highest BCUT2D eigenvalue weighted by Crippen LogP contribution is 2.17. The Morgan fingerprint density at radius 3 is 2.79 bits per heavy atom. The number of hydrogen-bond acceptors (Lipinski definition) is 4. The van der Waals surface area contributed by atoms with E-state index in [0.717, 1.165) is 31.6 Å². The van der Waals surface area contributed by atoms with Crippen molar-refractivity contribution in [2.24, 2.45) is 10.9 Å². The van der Waals surface area contributed by atoms with Gasteiger partial charge in [0.25, 0.3) is 0 Å². The van der Waals surface area contributed by atoms with Gasteiger partial charge in [-0.05, 0) is 31.9 Å². The Morgan fingerprint density at radius 2 is 2.21 bits per heavy atom. The second-order valence-corrected chi connectivity index (χ2v) is 4.67. The van der Waals surface area contributed by atoms with Gasteiger partial charge < -0.3 is 15.8 Å². The molecule has 1 rings (SSSR count). The molecule has 0 bridgehead atoms. The van der Waals surface area contributed by atoms with Crippen LogP contribution in [0.4, 0.5) is 5.82 Å². The minimum atomic E-state index is 0.0430. The van der Waals surface area contributed by atoms with Crippen LogP contribution in [0.3, 0.4) is 0 Å². The highest BCUT2D eigenvalue weighted by Gasteiger charge is 2.14. The smallest absolute Gasteiger partial charge is 0.188 e. The molecule has 0 radical (unpaired) electrons. The lowest BCUT2D eigenvalue weighted by atomic mass is 10.2. The molecule has 0 aromatic carbocycles. The van der Waals surface area contributed by atoms with Crippen LogP contribution in [0.5, 0.6) is 0 Å². The van der Waals surface area contributed by atoms with Crippen LogP contribution in [0.2, 0.25) is 0 Å². The maximum absolute atomic E-state index is 8.72. The lowest BCUT2D eigenvalue weighted by Gasteiger charge is -2.30. The molecule has 106 valence electrons. The number of anilines is 1. The Balaban J connectivity index is 3.01. The molecule has 1 atom stereocenters. The summed E-state index contributed by atoms with van der Waals surface area (Å²) < 4.78 is 0. The summed E-state index contributed by atoms with van der Waals surface area (Å²) in [4.78, 5) is 6.75. The van der Waals surface area contributed by atoms with Gasteiger partial charge >= 0.3 is 0 Å². The van der Waals surface area contributed by atoms with Crippen LogP contribution >= 0.6 is 0 Å². The fourth-order valence-corrected chi connectivity index (χ4v) is 1.89. The first-order chi connectivity index (χ1) is 9.13. The third kappa shape index (κ3) is 4.12. The molecule has 1 unspecified atom stereocenters. The maximum atomic E-state index is 8.72. The zero-order valence-corrected chi connectivity index (χ0v) is 12.0. The molecule has 1 aromatic heterocycles. The molecular formula is C14H24N4O. The first kappa shape index (κ1) is 15.3. The van der Waals surface area contributed by atoms with E-state index >= 15 is 0 Å². The van der Waals surface area contributed by atoms with Crippen molar-refractivity contribution in [1.82, 2.24) is 4.98 Å². The lowest BCUT2D eigenvalue weighted by Crippen LogP contribution is -2.34. The Morgan fingerprint density at radius 1 is 1.47 bits per heavy atom. The number of pyridine rings is 1. The molecule has 3 N–H and O–H groups in total. The van der Waals surface area contributed by atoms with Gasteiger partial charge in [-0.25, -0.2) is 4.98 Å². The van der Waals surface area contributed by atoms with E-state index in [2.05, 4.69) is 35.8 Å². The van der Waals surface area contributed by atoms with Crippen LogP contribution in [0.25, 0.3) is 0 Å². The van der Waals surface area contributed by atoms with Crippen molar-refractivity contribution in [3.8, 4) is 0 Å². The Bertz CT molecular complexity index is 420. The summed E-state index contributed by atoms with van der Waals surface area (Å²) in [6, 6.07) is 6.02. The largest absolute Gasteiger partial charge is 0.409 e. The fraction of sp³-hybridized carbons (Fsp3) is 0.571. The number of unbranched alkanes of at least 4 members (excludes halogenated alkanes) is 1. The van der Waals surface area contributed by atoms with Gasteiger partial charge in [-0.3, -0.25) is 0 Å². The van der Waals surface area contributed by atoms with Gasteiger partial charge in [-0.15, -0.1) is 0 Å². The van der Waals surface area contributed by atoms with Crippen molar-refractivity contribution in [3.05, 3.63) is 23.9 Å². The summed E-state index contributed by atoms with van der Waals surface area (Å²) in [7, 11) is 0. The van der Waals surface area contributed by atoms with Crippen LogP contribution in [0, 0.1) is 0 Å². The fourth-order valence-electron chi connectivity index (χ4n) is 1.89. The predicted octanol–water partition coefficient (Wildman–Crippen LogP) is 2.58. The number of rotatable bonds is 7. The molecule has 0 saturated heterocycles. The molecule has 1 aromatic rings. The van der Waals surface area contributed by atoms with E-state index in [4.69, 9.17) is 10.9 Å². The van der Waals surface area contributed by atoms with Gasteiger partial charge in [-0.1, -0.05) is 31.5 Å². The van der Waals surface area contributed by atoms with Crippen molar-refractivity contribution >= 4 is 11.7 Å². The van der Waals surface area contributed by atoms with Crippen molar-refractivity contribution in [3.63, 3.8) is 0 Å². The molecule has 5 nitrogen and oxygen atoms in total. The summed E-state index contributed by atoms with van der Waals surface area (Å²) >= 11 is 0. The van der Waals surface area contributed by atoms with Gasteiger partial charge in [0.1, 0.15) is 11.5 Å². The third-order valence-electron chi connectivity index (χ3n) is 3.27. The van der Waals surface area contributed by atoms with Crippen molar-refractivity contribution in [1.29, 1.82) is 0 Å². The number of aromatic nitrogens is 1. The molecular weight excluding hydrogens is 240 g/mol. The summed E-state index contributed by atoms with van der Waals surface area (Å²) in [5.41, 5.74) is 6.10. The first-order valence-corrected chi connectivity index (χ1v) is 6.85. The van der Waals surface area contributed by atoms with E-state index in [1.807, 2.05) is 12.1 Å². The molecule has 5 heteroatoms. The average Bonchev–Trinajstić information content (AvgIpc) is 2.46. The van der Waals surface area contributed by atoms with Gasteiger partial charge in [0, 0.05) is 12.6 Å². The van der Waals surface area contributed by atoms with E-state index in [0.29, 0.717) is 11.7 Å². The molecule has 1 heterocycles. The van der Waals surface area contributed by atoms with Crippen molar-refractivity contribution < 1.29 is 5.21 Å². The number of nitrogens with two attached hydrogens (primary N) is 1. The Labute approximate surface area is 115 Å². The molecule has 0 spiro atoms. The lowest BCUT2D eigenvalue weighted by molar-refractivity contribution is 0.318. The predicted molar refractivity (Wildman–Crippen MR) is 78.8 cm³/mol. The van der Waals surface area contributed by atoms with E-state index < -0.39 is 0 Å². The van der Waals surface area contributed by atoms with E-state index in [-0.39, 0.29) is 5.84 Å². The van der Waals surface area contributed by atoms with Crippen LogP contribution in [0.1, 0.15) is 45.7 Å². The van der Waals surface area contributed by atoms with Crippen LogP contribution in [0.15, 0.2) is 23.4 Å². The Hall–Kier alpha value is -1.78. The molecule has 19 heavy (non-hydrogen) atoms. The highest BCUT2D eigenvalue weighted by molar-refractivity contribution is 5.95. The van der Waals surface area contributed by atoms with E-state index in [1.54, 1.807) is 6.07 Å². The highest BCUT2D eigenvalue weighted by atomic mass is 16.4. The zero-order chi connectivity index (χ0) is 14.3. The number of hydrogen-bond donors (Lipinski definition) is 2. The molecule has 0 aliphatic rings. The van der Waals surface area contributed by atoms with Gasteiger partial charge in [0.15, 0.2) is 5.84 Å².